The Balaban J connectivity index is 2.01. The number of unbranched alkanes of at least 4 members (excludes halogenated alkanes) is 7. The lowest BCUT2D eigenvalue weighted by Gasteiger charge is -2.16. The van der Waals surface area contributed by atoms with E-state index in [0.717, 1.165) is 25.3 Å². The maximum absolute atomic E-state index is 8.95. The van der Waals surface area contributed by atoms with Crippen molar-refractivity contribution in [1.82, 2.24) is 4.90 Å². The van der Waals surface area contributed by atoms with Crippen molar-refractivity contribution < 1.29 is 5.11 Å². The van der Waals surface area contributed by atoms with Crippen molar-refractivity contribution >= 4 is 5.84 Å². The molecular formula is C16H30N2O. The van der Waals surface area contributed by atoms with Gasteiger partial charge in [0.15, 0.2) is 0 Å². The molecule has 0 amide bonds. The highest BCUT2D eigenvalue weighted by Crippen LogP contribution is 2.09. The number of rotatable bonds is 11. The molecule has 0 saturated heterocycles. The first kappa shape index (κ1) is 16.2. The second kappa shape index (κ2) is 11.0. The first-order chi connectivity index (χ1) is 9.38. The lowest BCUT2D eigenvalue weighted by Crippen LogP contribution is -2.29. The van der Waals surface area contributed by atoms with Gasteiger partial charge in [-0.2, -0.15) is 0 Å². The molecule has 0 aliphatic carbocycles. The third-order valence-corrected chi connectivity index (χ3v) is 3.58. The predicted octanol–water partition coefficient (Wildman–Crippen LogP) is 3.39. The summed E-state index contributed by atoms with van der Waals surface area (Å²) in [6.45, 7) is 5.01. The average Bonchev–Trinajstić information content (AvgIpc) is 2.85. The van der Waals surface area contributed by atoms with E-state index in [1.54, 1.807) is 0 Å². The van der Waals surface area contributed by atoms with Crippen LogP contribution >= 0.6 is 0 Å². The van der Waals surface area contributed by atoms with Gasteiger partial charge in [-0.1, -0.05) is 51.5 Å². The first-order valence-electron chi connectivity index (χ1n) is 7.95. The van der Waals surface area contributed by atoms with Gasteiger partial charge in [-0.05, 0) is 18.9 Å². The summed E-state index contributed by atoms with van der Waals surface area (Å²) in [5.41, 5.74) is 0. The van der Waals surface area contributed by atoms with Gasteiger partial charge < -0.3 is 10.0 Å². The van der Waals surface area contributed by atoms with Crippen LogP contribution in [0.5, 0.6) is 0 Å². The molecular weight excluding hydrogens is 236 g/mol. The van der Waals surface area contributed by atoms with Crippen LogP contribution in [0.3, 0.4) is 0 Å². The average molecular weight is 266 g/mol. The number of β-amino-alcohol motifs (C(OH)–C–C–N with tert-alkyl or cyclic N) is 1. The minimum atomic E-state index is 0.213. The third-order valence-electron chi connectivity index (χ3n) is 3.58. The van der Waals surface area contributed by atoms with Crippen LogP contribution in [-0.4, -0.2) is 42.1 Å². The van der Waals surface area contributed by atoms with Gasteiger partial charge in [-0.15, -0.1) is 0 Å². The van der Waals surface area contributed by atoms with E-state index in [2.05, 4.69) is 29.0 Å². The van der Waals surface area contributed by atoms with E-state index >= 15 is 0 Å². The van der Waals surface area contributed by atoms with Gasteiger partial charge in [0.05, 0.1) is 13.2 Å². The number of amidine groups is 1. The Morgan fingerprint density at radius 3 is 2.63 bits per heavy atom. The second-order valence-electron chi connectivity index (χ2n) is 5.26. The molecule has 0 fully saturated rings. The maximum Gasteiger partial charge on any atom is 0.123 e. The Labute approximate surface area is 118 Å². The monoisotopic (exact) mass is 266 g/mol. The van der Waals surface area contributed by atoms with Gasteiger partial charge in [0.1, 0.15) is 5.84 Å². The van der Waals surface area contributed by atoms with E-state index in [9.17, 15) is 0 Å². The fraction of sp³-hybridized carbons (Fsp3) is 0.812. The van der Waals surface area contributed by atoms with Gasteiger partial charge in [0.25, 0.3) is 0 Å². The molecule has 110 valence electrons. The third kappa shape index (κ3) is 7.36. The quantitative estimate of drug-likeness (QED) is 0.582. The zero-order chi connectivity index (χ0) is 13.8. The van der Waals surface area contributed by atoms with Crippen molar-refractivity contribution in [2.75, 3.05) is 26.2 Å². The molecule has 0 saturated carbocycles. The summed E-state index contributed by atoms with van der Waals surface area (Å²) in [7, 11) is 0. The standard InChI is InChI=1S/C16H30N2O/c1-2-3-4-5-6-7-8-9-10-11-16-17-12-13-18(16)14-15-19/h10-11,19H,2-9,12-15H2,1H3. The lowest BCUT2D eigenvalue weighted by molar-refractivity contribution is 0.257. The minimum absolute atomic E-state index is 0.213. The number of hydrogen-bond acceptors (Lipinski definition) is 3. The van der Waals surface area contributed by atoms with Crippen molar-refractivity contribution in [2.24, 2.45) is 4.99 Å². The van der Waals surface area contributed by atoms with Crippen LogP contribution in [-0.2, 0) is 0 Å². The van der Waals surface area contributed by atoms with Gasteiger partial charge in [0, 0.05) is 13.1 Å². The van der Waals surface area contributed by atoms with Gasteiger partial charge >= 0.3 is 0 Å². The molecule has 0 aromatic rings. The van der Waals surface area contributed by atoms with Crippen molar-refractivity contribution in [1.29, 1.82) is 0 Å². The lowest BCUT2D eigenvalue weighted by atomic mass is 10.1. The van der Waals surface area contributed by atoms with Crippen LogP contribution in [0.25, 0.3) is 0 Å². The van der Waals surface area contributed by atoms with E-state index in [0.29, 0.717) is 6.54 Å². The molecule has 0 aromatic carbocycles. The fourth-order valence-corrected chi connectivity index (χ4v) is 2.41. The van der Waals surface area contributed by atoms with Crippen LogP contribution in [0.4, 0.5) is 0 Å². The predicted molar refractivity (Wildman–Crippen MR) is 82.7 cm³/mol. The normalized spacial score (nSPS) is 15.5. The Hall–Kier alpha value is -0.830. The zero-order valence-electron chi connectivity index (χ0n) is 12.5. The molecule has 0 spiro atoms. The topological polar surface area (TPSA) is 35.8 Å². The van der Waals surface area contributed by atoms with Crippen LogP contribution in [0.15, 0.2) is 17.1 Å². The van der Waals surface area contributed by atoms with Gasteiger partial charge in [-0.3, -0.25) is 4.99 Å². The number of allylic oxidation sites excluding steroid dienone is 1. The molecule has 1 N–H and O–H groups in total. The van der Waals surface area contributed by atoms with Gasteiger partial charge in [0.2, 0.25) is 0 Å². The summed E-state index contributed by atoms with van der Waals surface area (Å²) in [6.07, 6.45) is 15.0. The summed E-state index contributed by atoms with van der Waals surface area (Å²) >= 11 is 0. The Morgan fingerprint density at radius 2 is 1.89 bits per heavy atom. The van der Waals surface area contributed by atoms with E-state index in [1.165, 1.54) is 44.9 Å². The van der Waals surface area contributed by atoms with Crippen LogP contribution in [0.1, 0.15) is 58.3 Å². The molecule has 1 heterocycles. The molecule has 0 atom stereocenters. The van der Waals surface area contributed by atoms with Gasteiger partial charge in [-0.25, -0.2) is 0 Å². The molecule has 1 rings (SSSR count). The highest BCUT2D eigenvalue weighted by Gasteiger charge is 2.12. The summed E-state index contributed by atoms with van der Waals surface area (Å²) < 4.78 is 0. The van der Waals surface area contributed by atoms with Crippen molar-refractivity contribution in [3.63, 3.8) is 0 Å². The van der Waals surface area contributed by atoms with E-state index < -0.39 is 0 Å². The second-order valence-corrected chi connectivity index (χ2v) is 5.26. The molecule has 3 heteroatoms. The molecule has 0 unspecified atom stereocenters. The number of aliphatic hydroxyl groups is 1. The smallest absolute Gasteiger partial charge is 0.123 e. The van der Waals surface area contributed by atoms with E-state index in [-0.39, 0.29) is 6.61 Å². The van der Waals surface area contributed by atoms with E-state index in [1.807, 2.05) is 0 Å². The minimum Gasteiger partial charge on any atom is -0.395 e. The maximum atomic E-state index is 8.95. The molecule has 1 aliphatic rings. The van der Waals surface area contributed by atoms with Crippen LogP contribution < -0.4 is 0 Å². The highest BCUT2D eigenvalue weighted by atomic mass is 16.3. The van der Waals surface area contributed by atoms with Crippen molar-refractivity contribution in [3.05, 3.63) is 12.2 Å². The summed E-state index contributed by atoms with van der Waals surface area (Å²) in [4.78, 5) is 6.60. The molecule has 19 heavy (non-hydrogen) atoms. The Morgan fingerprint density at radius 1 is 1.16 bits per heavy atom. The SMILES string of the molecule is CCCCCCCCCC=CC1=NCCN1CCO. The summed E-state index contributed by atoms with van der Waals surface area (Å²) in [6, 6.07) is 0. The Kier molecular flexibility index (Phi) is 9.42. The van der Waals surface area contributed by atoms with E-state index in [4.69, 9.17) is 5.11 Å². The number of aliphatic hydroxyl groups excluding tert-OH is 1. The molecule has 0 bridgehead atoms. The van der Waals surface area contributed by atoms with Crippen molar-refractivity contribution in [2.45, 2.75) is 58.3 Å². The van der Waals surface area contributed by atoms with Crippen LogP contribution in [0.2, 0.25) is 0 Å². The fourth-order valence-electron chi connectivity index (χ4n) is 2.41. The molecule has 3 nitrogen and oxygen atoms in total. The highest BCUT2D eigenvalue weighted by molar-refractivity contribution is 5.94. The van der Waals surface area contributed by atoms with Crippen molar-refractivity contribution in [3.8, 4) is 0 Å². The Bertz CT molecular complexity index is 274. The number of aliphatic imine (C=N–C) groups is 1. The summed E-state index contributed by atoms with van der Waals surface area (Å²) in [5, 5.41) is 8.95. The molecule has 0 aromatic heterocycles. The number of hydrogen-bond donors (Lipinski definition) is 1. The first-order valence-corrected chi connectivity index (χ1v) is 7.95. The molecule has 1 aliphatic heterocycles. The zero-order valence-corrected chi connectivity index (χ0v) is 12.5. The number of nitrogens with zero attached hydrogens (tertiary/aromatic N) is 2. The summed E-state index contributed by atoms with van der Waals surface area (Å²) in [5.74, 6) is 1.05. The molecule has 0 radical (unpaired) electrons. The largest absolute Gasteiger partial charge is 0.395 e. The van der Waals surface area contributed by atoms with Crippen LogP contribution in [0, 0.1) is 0 Å².